The molecule has 94 valence electrons. The summed E-state index contributed by atoms with van der Waals surface area (Å²) in [5.41, 5.74) is 1.19. The smallest absolute Gasteiger partial charge is 0.406 e. The van der Waals surface area contributed by atoms with Crippen LogP contribution in [0.15, 0.2) is 18.2 Å². The van der Waals surface area contributed by atoms with Gasteiger partial charge in [0.05, 0.1) is 4.83 Å². The number of benzene rings is 1. The van der Waals surface area contributed by atoms with Gasteiger partial charge in [-0.15, -0.1) is 13.2 Å². The van der Waals surface area contributed by atoms with Crippen LogP contribution in [0.4, 0.5) is 13.2 Å². The molecule has 0 saturated heterocycles. The van der Waals surface area contributed by atoms with Crippen LogP contribution in [-0.2, 0) is 4.79 Å². The maximum atomic E-state index is 12.0. The number of hydrogen-bond acceptors (Lipinski definition) is 2. The Balaban J connectivity index is 2.98. The number of Topliss-reactive ketones (excluding diaryl/α,β-unsaturated/α-hetero) is 1. The van der Waals surface area contributed by atoms with E-state index in [0.29, 0.717) is 11.1 Å². The third kappa shape index (κ3) is 4.03. The number of carbonyl (C=O) groups excluding carboxylic acids is 1. The maximum Gasteiger partial charge on any atom is 0.573 e. The molecule has 1 unspecified atom stereocenters. The fraction of sp³-hybridized carbons (Fsp3) is 0.364. The van der Waals surface area contributed by atoms with Crippen LogP contribution in [0.25, 0.3) is 0 Å². The van der Waals surface area contributed by atoms with Crippen molar-refractivity contribution in [1.29, 1.82) is 0 Å². The van der Waals surface area contributed by atoms with Crippen molar-refractivity contribution in [3.05, 3.63) is 29.3 Å². The lowest BCUT2D eigenvalue weighted by Crippen LogP contribution is -2.17. The molecule has 0 fully saturated rings. The second-order valence-corrected chi connectivity index (χ2v) is 4.46. The highest BCUT2D eigenvalue weighted by Gasteiger charge is 2.31. The maximum absolute atomic E-state index is 12.0. The van der Waals surface area contributed by atoms with Crippen LogP contribution in [0.1, 0.15) is 22.9 Å². The number of carbonyl (C=O) groups is 1. The first-order valence-electron chi connectivity index (χ1n) is 4.71. The molecule has 1 aromatic carbocycles. The summed E-state index contributed by atoms with van der Waals surface area (Å²) in [5.74, 6) is -0.403. The molecule has 17 heavy (non-hydrogen) atoms. The molecule has 1 aromatic rings. The Morgan fingerprint density at radius 3 is 2.41 bits per heavy atom. The summed E-state index contributed by atoms with van der Waals surface area (Å²) in [6, 6.07) is 3.88. The molecule has 0 bridgehead atoms. The van der Waals surface area contributed by atoms with E-state index in [1.807, 2.05) is 0 Å². The van der Waals surface area contributed by atoms with Crippen molar-refractivity contribution in [3.63, 3.8) is 0 Å². The molecule has 0 radical (unpaired) electrons. The van der Waals surface area contributed by atoms with Crippen molar-refractivity contribution < 1.29 is 22.7 Å². The Labute approximate surface area is 105 Å². The minimum absolute atomic E-state index is 0.113. The van der Waals surface area contributed by atoms with E-state index >= 15 is 0 Å². The number of ketones is 1. The first-order chi connectivity index (χ1) is 7.70. The second-order valence-electron chi connectivity index (χ2n) is 3.54. The molecule has 0 spiro atoms. The summed E-state index contributed by atoms with van der Waals surface area (Å²) in [5, 5.41) is 0. The molecular formula is C11H10BrF3O2. The van der Waals surface area contributed by atoms with Gasteiger partial charge in [-0.1, -0.05) is 22.0 Å². The topological polar surface area (TPSA) is 26.3 Å². The van der Waals surface area contributed by atoms with Crippen LogP contribution >= 0.6 is 15.9 Å². The number of rotatable bonds is 3. The number of aryl methyl sites for hydroxylation is 1. The molecule has 2 nitrogen and oxygen atoms in total. The van der Waals surface area contributed by atoms with Gasteiger partial charge >= 0.3 is 6.36 Å². The van der Waals surface area contributed by atoms with Gasteiger partial charge in [-0.05, 0) is 37.1 Å². The van der Waals surface area contributed by atoms with Crippen LogP contribution in [-0.4, -0.2) is 12.1 Å². The van der Waals surface area contributed by atoms with Gasteiger partial charge in [-0.25, -0.2) is 0 Å². The normalized spacial score (nSPS) is 13.3. The van der Waals surface area contributed by atoms with Gasteiger partial charge in [0.2, 0.25) is 0 Å². The molecule has 0 saturated carbocycles. The predicted molar refractivity (Wildman–Crippen MR) is 60.2 cm³/mol. The lowest BCUT2D eigenvalue weighted by Gasteiger charge is -2.13. The van der Waals surface area contributed by atoms with Crippen LogP contribution in [0, 0.1) is 6.92 Å². The number of hydrogen-bond donors (Lipinski definition) is 0. The molecule has 1 atom stereocenters. The van der Waals surface area contributed by atoms with Gasteiger partial charge in [-0.2, -0.15) is 0 Å². The average molecular weight is 311 g/mol. The van der Waals surface area contributed by atoms with Gasteiger partial charge in [0.15, 0.2) is 0 Å². The van der Waals surface area contributed by atoms with Crippen LogP contribution < -0.4 is 4.74 Å². The Hall–Kier alpha value is -1.04. The summed E-state index contributed by atoms with van der Waals surface area (Å²) in [7, 11) is 0. The van der Waals surface area contributed by atoms with Crippen molar-refractivity contribution in [2.75, 3.05) is 0 Å². The lowest BCUT2D eigenvalue weighted by atomic mass is 10.0. The summed E-state index contributed by atoms with van der Waals surface area (Å²) >= 11 is 3.17. The van der Waals surface area contributed by atoms with E-state index in [9.17, 15) is 18.0 Å². The second kappa shape index (κ2) is 5.08. The van der Waals surface area contributed by atoms with Crippen LogP contribution in [0.5, 0.6) is 5.75 Å². The summed E-state index contributed by atoms with van der Waals surface area (Å²) in [6.45, 7) is 3.02. The summed E-state index contributed by atoms with van der Waals surface area (Å²) in [6.07, 6.45) is -4.71. The van der Waals surface area contributed by atoms with E-state index < -0.39 is 11.2 Å². The van der Waals surface area contributed by atoms with Gasteiger partial charge in [0.1, 0.15) is 11.5 Å². The van der Waals surface area contributed by atoms with E-state index in [4.69, 9.17) is 0 Å². The van der Waals surface area contributed by atoms with E-state index in [-0.39, 0.29) is 11.5 Å². The molecular weight excluding hydrogens is 301 g/mol. The fourth-order valence-corrected chi connectivity index (χ4v) is 1.86. The zero-order chi connectivity index (χ0) is 13.2. The molecule has 0 aliphatic carbocycles. The largest absolute Gasteiger partial charge is 0.573 e. The minimum Gasteiger partial charge on any atom is -0.406 e. The van der Waals surface area contributed by atoms with E-state index in [2.05, 4.69) is 20.7 Å². The third-order valence-corrected chi connectivity index (χ3v) is 3.24. The van der Waals surface area contributed by atoms with Crippen molar-refractivity contribution in [1.82, 2.24) is 0 Å². The van der Waals surface area contributed by atoms with E-state index in [0.717, 1.165) is 0 Å². The SMILES string of the molecule is CC(=O)C(Br)c1ccc(OC(F)(F)F)cc1C. The molecule has 0 heterocycles. The Kier molecular flexibility index (Phi) is 4.19. The molecule has 1 rings (SSSR count). The van der Waals surface area contributed by atoms with Crippen molar-refractivity contribution in [2.45, 2.75) is 25.0 Å². The number of ether oxygens (including phenoxy) is 1. The number of alkyl halides is 4. The predicted octanol–water partition coefficient (Wildman–Crippen LogP) is 3.92. The zero-order valence-corrected chi connectivity index (χ0v) is 10.7. The van der Waals surface area contributed by atoms with Gasteiger partial charge < -0.3 is 4.74 Å². The first kappa shape index (κ1) is 14.0. The molecule has 0 N–H and O–H groups in total. The Morgan fingerprint density at radius 2 is 2.00 bits per heavy atom. The van der Waals surface area contributed by atoms with Crippen molar-refractivity contribution >= 4 is 21.7 Å². The molecule has 0 aliphatic rings. The number of halogens is 4. The van der Waals surface area contributed by atoms with E-state index in [1.165, 1.54) is 25.1 Å². The van der Waals surface area contributed by atoms with Gasteiger partial charge in [0, 0.05) is 0 Å². The fourth-order valence-electron chi connectivity index (χ4n) is 1.35. The highest BCUT2D eigenvalue weighted by atomic mass is 79.9. The lowest BCUT2D eigenvalue weighted by molar-refractivity contribution is -0.274. The monoisotopic (exact) mass is 310 g/mol. The van der Waals surface area contributed by atoms with Crippen molar-refractivity contribution in [2.24, 2.45) is 0 Å². The standard InChI is InChI=1S/C11H10BrF3O2/c1-6-5-8(17-11(13,14)15)3-4-9(6)10(12)7(2)16/h3-5,10H,1-2H3. The molecule has 0 amide bonds. The average Bonchev–Trinajstić information content (AvgIpc) is 2.14. The summed E-state index contributed by atoms with van der Waals surface area (Å²) < 4.78 is 39.7. The molecule has 6 heteroatoms. The summed E-state index contributed by atoms with van der Waals surface area (Å²) in [4.78, 5) is 10.6. The van der Waals surface area contributed by atoms with Crippen LogP contribution in [0.3, 0.4) is 0 Å². The molecule has 0 aliphatic heterocycles. The van der Waals surface area contributed by atoms with Crippen molar-refractivity contribution in [3.8, 4) is 5.75 Å². The quantitative estimate of drug-likeness (QED) is 0.791. The Bertz CT molecular complexity index is 429. The Morgan fingerprint density at radius 1 is 1.41 bits per heavy atom. The zero-order valence-electron chi connectivity index (χ0n) is 9.14. The highest BCUT2D eigenvalue weighted by Crippen LogP contribution is 2.31. The highest BCUT2D eigenvalue weighted by molar-refractivity contribution is 9.09. The third-order valence-electron chi connectivity index (χ3n) is 2.10. The van der Waals surface area contributed by atoms with Gasteiger partial charge in [0.25, 0.3) is 0 Å². The van der Waals surface area contributed by atoms with E-state index in [1.54, 1.807) is 6.92 Å². The van der Waals surface area contributed by atoms with Gasteiger partial charge in [-0.3, -0.25) is 4.79 Å². The first-order valence-corrected chi connectivity index (χ1v) is 5.63. The minimum atomic E-state index is -4.71. The van der Waals surface area contributed by atoms with Crippen LogP contribution in [0.2, 0.25) is 0 Å². The molecule has 0 aromatic heterocycles.